The number of hydrogen-bond acceptors (Lipinski definition) is 4. The van der Waals surface area contributed by atoms with Crippen LogP contribution in [0.3, 0.4) is 0 Å². The van der Waals surface area contributed by atoms with Gasteiger partial charge in [-0.3, -0.25) is 0 Å². The molecular formula is C19H11BrI3NO3. The summed E-state index contributed by atoms with van der Waals surface area (Å²) < 4.78 is 14.9. The summed E-state index contributed by atoms with van der Waals surface area (Å²) in [6, 6.07) is 9.57. The molecule has 0 atom stereocenters. The van der Waals surface area contributed by atoms with Crippen molar-refractivity contribution >= 4 is 102 Å². The highest BCUT2D eigenvalue weighted by Crippen LogP contribution is 2.31. The third-order valence-corrected chi connectivity index (χ3v) is 7.40. The van der Waals surface area contributed by atoms with Gasteiger partial charge in [-0.1, -0.05) is 12.7 Å². The minimum Gasteiger partial charge on any atom is -0.487 e. The molecule has 0 spiro atoms. The molecule has 0 saturated heterocycles. The van der Waals surface area contributed by atoms with E-state index in [2.05, 4.69) is 95.3 Å². The van der Waals surface area contributed by atoms with Crippen molar-refractivity contribution in [3.8, 4) is 5.75 Å². The van der Waals surface area contributed by atoms with E-state index in [1.54, 1.807) is 12.2 Å². The average molecular weight is 762 g/mol. The third kappa shape index (κ3) is 5.12. The molecule has 0 radical (unpaired) electrons. The van der Waals surface area contributed by atoms with Crippen molar-refractivity contribution in [2.24, 2.45) is 4.99 Å². The summed E-state index contributed by atoms with van der Waals surface area (Å²) in [6.07, 6.45) is 3.43. The number of cyclic esters (lactones) is 1. The topological polar surface area (TPSA) is 47.9 Å². The van der Waals surface area contributed by atoms with Crippen molar-refractivity contribution in [2.45, 2.75) is 0 Å². The molecule has 2 aromatic rings. The third-order valence-electron chi connectivity index (χ3n) is 3.46. The van der Waals surface area contributed by atoms with Crippen molar-refractivity contribution in [2.75, 3.05) is 6.61 Å². The van der Waals surface area contributed by atoms with E-state index in [-0.39, 0.29) is 5.70 Å². The van der Waals surface area contributed by atoms with Crippen LogP contribution in [0, 0.1) is 10.7 Å². The molecule has 8 heteroatoms. The number of halogens is 4. The van der Waals surface area contributed by atoms with Gasteiger partial charge in [-0.05, 0) is 126 Å². The largest absolute Gasteiger partial charge is 0.487 e. The van der Waals surface area contributed by atoms with Crippen molar-refractivity contribution in [3.05, 3.63) is 75.0 Å². The molecule has 2 aromatic carbocycles. The minimum absolute atomic E-state index is 0.269. The van der Waals surface area contributed by atoms with E-state index >= 15 is 0 Å². The highest BCUT2D eigenvalue weighted by Gasteiger charge is 2.24. The van der Waals surface area contributed by atoms with Crippen molar-refractivity contribution in [3.63, 3.8) is 0 Å². The van der Waals surface area contributed by atoms with Crippen LogP contribution in [-0.4, -0.2) is 18.5 Å². The first-order valence-electron chi connectivity index (χ1n) is 7.59. The Morgan fingerprint density at radius 2 is 1.85 bits per heavy atom. The van der Waals surface area contributed by atoms with Crippen LogP contribution in [0.1, 0.15) is 11.1 Å². The fourth-order valence-corrected chi connectivity index (χ4v) is 5.10. The van der Waals surface area contributed by atoms with Crippen LogP contribution in [0.15, 0.2) is 58.1 Å². The Balaban J connectivity index is 1.92. The maximum atomic E-state index is 12.2. The van der Waals surface area contributed by atoms with Gasteiger partial charge in [0.05, 0.1) is 7.14 Å². The molecule has 4 nitrogen and oxygen atoms in total. The molecule has 0 fully saturated rings. The first-order valence-corrected chi connectivity index (χ1v) is 11.6. The highest BCUT2D eigenvalue weighted by atomic mass is 127. The van der Waals surface area contributed by atoms with Crippen LogP contribution in [0.4, 0.5) is 0 Å². The lowest BCUT2D eigenvalue weighted by Gasteiger charge is -2.09. The lowest BCUT2D eigenvalue weighted by Crippen LogP contribution is -2.05. The van der Waals surface area contributed by atoms with Gasteiger partial charge in [-0.2, -0.15) is 0 Å². The number of carbonyl (C=O) groups is 1. The zero-order chi connectivity index (χ0) is 19.6. The molecular weight excluding hydrogens is 751 g/mol. The van der Waals surface area contributed by atoms with E-state index in [0.717, 1.165) is 32.1 Å². The molecule has 1 aliphatic rings. The average Bonchev–Trinajstić information content (AvgIpc) is 2.97. The molecule has 3 rings (SSSR count). The molecule has 0 bridgehead atoms. The summed E-state index contributed by atoms with van der Waals surface area (Å²) in [5.41, 5.74) is 1.87. The maximum absolute atomic E-state index is 12.2. The Morgan fingerprint density at radius 3 is 2.48 bits per heavy atom. The summed E-state index contributed by atoms with van der Waals surface area (Å²) in [7, 11) is 0. The van der Waals surface area contributed by atoms with Gasteiger partial charge >= 0.3 is 5.97 Å². The number of ether oxygens (including phenoxy) is 2. The Hall–Kier alpha value is -0.470. The van der Waals surface area contributed by atoms with Gasteiger partial charge in [-0.25, -0.2) is 9.79 Å². The predicted molar refractivity (Wildman–Crippen MR) is 135 cm³/mol. The van der Waals surface area contributed by atoms with E-state index in [4.69, 9.17) is 9.47 Å². The Bertz CT molecular complexity index is 979. The van der Waals surface area contributed by atoms with E-state index in [0.29, 0.717) is 12.5 Å². The quantitative estimate of drug-likeness (QED) is 0.159. The zero-order valence-corrected chi connectivity index (χ0v) is 21.7. The lowest BCUT2D eigenvalue weighted by molar-refractivity contribution is -0.129. The smallest absolute Gasteiger partial charge is 0.363 e. The van der Waals surface area contributed by atoms with Gasteiger partial charge in [0, 0.05) is 13.6 Å². The Morgan fingerprint density at radius 1 is 1.15 bits per heavy atom. The highest BCUT2D eigenvalue weighted by molar-refractivity contribution is 14.1. The molecule has 27 heavy (non-hydrogen) atoms. The number of rotatable bonds is 5. The molecule has 0 aromatic heterocycles. The molecule has 1 heterocycles. The second kappa shape index (κ2) is 9.35. The Labute approximate surface area is 206 Å². The van der Waals surface area contributed by atoms with Crippen LogP contribution in [0.25, 0.3) is 6.08 Å². The number of hydrogen-bond donors (Lipinski definition) is 0. The standard InChI is InChI=1S/C19H11BrI3NO3/c1-2-5-26-17-14(22)6-10(7-15(17)23)8-16-19(25)27-18(24-16)11-3-4-13(21)12(20)9-11/h2-4,6-9H,1,5H2/b16-8-. The first-order chi connectivity index (χ1) is 12.9. The van der Waals surface area contributed by atoms with Crippen molar-refractivity contribution in [1.29, 1.82) is 0 Å². The predicted octanol–water partition coefficient (Wildman–Crippen LogP) is 6.17. The second-order valence-corrected chi connectivity index (χ2v) is 9.72. The van der Waals surface area contributed by atoms with E-state index in [1.165, 1.54) is 0 Å². The normalized spacial score (nSPS) is 14.9. The number of benzene rings is 2. The van der Waals surface area contributed by atoms with Gasteiger partial charge in [0.1, 0.15) is 12.4 Å². The van der Waals surface area contributed by atoms with Crippen LogP contribution >= 0.6 is 83.7 Å². The Kier molecular flexibility index (Phi) is 7.36. The van der Waals surface area contributed by atoms with Crippen LogP contribution in [-0.2, 0) is 9.53 Å². The summed E-state index contributed by atoms with van der Waals surface area (Å²) in [6.45, 7) is 4.11. The minimum atomic E-state index is -0.461. The summed E-state index contributed by atoms with van der Waals surface area (Å²) in [5, 5.41) is 0. The van der Waals surface area contributed by atoms with Crippen molar-refractivity contribution in [1.82, 2.24) is 0 Å². The van der Waals surface area contributed by atoms with Gasteiger partial charge in [0.15, 0.2) is 5.70 Å². The van der Waals surface area contributed by atoms with E-state index in [9.17, 15) is 4.79 Å². The van der Waals surface area contributed by atoms with Gasteiger partial charge in [-0.15, -0.1) is 0 Å². The van der Waals surface area contributed by atoms with E-state index < -0.39 is 5.97 Å². The number of esters is 1. The maximum Gasteiger partial charge on any atom is 0.363 e. The zero-order valence-electron chi connectivity index (χ0n) is 13.6. The molecule has 1 aliphatic heterocycles. The summed E-state index contributed by atoms with van der Waals surface area (Å²) in [4.78, 5) is 16.6. The first kappa shape index (κ1) is 21.2. The number of carbonyl (C=O) groups excluding carboxylic acids is 1. The lowest BCUT2D eigenvalue weighted by atomic mass is 10.2. The van der Waals surface area contributed by atoms with Crippen LogP contribution in [0.2, 0.25) is 0 Å². The summed E-state index contributed by atoms with van der Waals surface area (Å²) >= 11 is 10.1. The van der Waals surface area contributed by atoms with E-state index in [1.807, 2.05) is 30.3 Å². The number of aliphatic imine (C=N–C) groups is 1. The van der Waals surface area contributed by atoms with Crippen molar-refractivity contribution < 1.29 is 14.3 Å². The molecule has 0 saturated carbocycles. The second-order valence-electron chi connectivity index (χ2n) is 5.38. The summed E-state index contributed by atoms with van der Waals surface area (Å²) in [5.74, 6) is 0.649. The monoisotopic (exact) mass is 761 g/mol. The molecule has 0 aliphatic carbocycles. The van der Waals surface area contributed by atoms with Gasteiger partial charge in [0.2, 0.25) is 5.90 Å². The molecule has 138 valence electrons. The molecule has 0 N–H and O–H groups in total. The van der Waals surface area contributed by atoms with Crippen LogP contribution < -0.4 is 4.74 Å². The fourth-order valence-electron chi connectivity index (χ4n) is 2.26. The van der Waals surface area contributed by atoms with Crippen LogP contribution in [0.5, 0.6) is 5.75 Å². The molecule has 0 amide bonds. The SMILES string of the molecule is C=CCOc1c(I)cc(/C=C2\N=C(c3ccc(I)c(Br)c3)OC2=O)cc1I. The number of nitrogens with zero attached hydrogens (tertiary/aromatic N) is 1. The molecule has 0 unspecified atom stereocenters. The van der Waals surface area contributed by atoms with Gasteiger partial charge in [0.25, 0.3) is 0 Å². The van der Waals surface area contributed by atoms with Gasteiger partial charge < -0.3 is 9.47 Å². The fraction of sp³-hybridized carbons (Fsp3) is 0.0526.